The summed E-state index contributed by atoms with van der Waals surface area (Å²) in [6.07, 6.45) is 5.60. The van der Waals surface area contributed by atoms with Crippen molar-refractivity contribution < 1.29 is 14.6 Å². The number of nitrogens with zero attached hydrogens (tertiary/aromatic N) is 6. The van der Waals surface area contributed by atoms with Crippen molar-refractivity contribution in [1.82, 2.24) is 19.8 Å². The molecule has 1 unspecified atom stereocenters. The van der Waals surface area contributed by atoms with Crippen molar-refractivity contribution in [2.24, 2.45) is 0 Å². The normalized spacial score (nSPS) is 21.1. The molecule has 5 heterocycles. The van der Waals surface area contributed by atoms with Gasteiger partial charge in [-0.05, 0) is 43.9 Å². The Morgan fingerprint density at radius 1 is 1.02 bits per heavy atom. The molecule has 1 N–H and O–H groups in total. The Labute approximate surface area is 241 Å². The lowest BCUT2D eigenvalue weighted by molar-refractivity contribution is 0.0756. The second-order valence-electron chi connectivity index (χ2n) is 11.1. The summed E-state index contributed by atoms with van der Waals surface area (Å²) >= 11 is 1.77. The maximum absolute atomic E-state index is 9.99. The molecule has 10 heteroatoms. The quantitative estimate of drug-likeness (QED) is 0.440. The van der Waals surface area contributed by atoms with Crippen LogP contribution in [0.3, 0.4) is 0 Å². The molecule has 1 aromatic carbocycles. The van der Waals surface area contributed by atoms with Crippen molar-refractivity contribution in [3.8, 4) is 5.75 Å². The lowest BCUT2D eigenvalue weighted by Gasteiger charge is -2.34. The van der Waals surface area contributed by atoms with Crippen LogP contribution in [-0.2, 0) is 4.74 Å². The number of anilines is 2. The second-order valence-corrected chi connectivity index (χ2v) is 11.9. The number of thiazole rings is 1. The van der Waals surface area contributed by atoms with Crippen molar-refractivity contribution in [2.75, 3.05) is 89.0 Å². The molecule has 0 saturated carbocycles. The van der Waals surface area contributed by atoms with E-state index in [0.29, 0.717) is 0 Å². The van der Waals surface area contributed by atoms with E-state index in [9.17, 15) is 5.11 Å². The van der Waals surface area contributed by atoms with Crippen LogP contribution >= 0.6 is 11.3 Å². The Balaban J connectivity index is 1.21. The Morgan fingerprint density at radius 3 is 2.70 bits per heavy atom. The first-order valence-electron chi connectivity index (χ1n) is 14.8. The topological polar surface area (TPSA) is 77.4 Å². The first-order valence-corrected chi connectivity index (χ1v) is 15.7. The Kier molecular flexibility index (Phi) is 8.98. The van der Waals surface area contributed by atoms with Crippen molar-refractivity contribution in [3.05, 3.63) is 41.5 Å². The number of rotatable bonds is 8. The fraction of sp³-hybridized carbons (Fsp3) is 0.600. The molecule has 0 amide bonds. The summed E-state index contributed by atoms with van der Waals surface area (Å²) in [5, 5.41) is 14.5. The molecular weight excluding hydrogens is 524 g/mol. The van der Waals surface area contributed by atoms with E-state index in [-0.39, 0.29) is 12.1 Å². The van der Waals surface area contributed by atoms with Crippen LogP contribution in [0.1, 0.15) is 37.4 Å². The number of morpholine rings is 1. The molecule has 3 aromatic rings. The van der Waals surface area contributed by atoms with E-state index in [1.54, 1.807) is 18.4 Å². The predicted octanol–water partition coefficient (Wildman–Crippen LogP) is 3.64. The fourth-order valence-corrected chi connectivity index (χ4v) is 7.27. The van der Waals surface area contributed by atoms with E-state index < -0.39 is 0 Å². The van der Waals surface area contributed by atoms with Crippen LogP contribution in [0.5, 0.6) is 5.75 Å². The van der Waals surface area contributed by atoms with Gasteiger partial charge in [0.05, 0.1) is 43.7 Å². The fourth-order valence-electron chi connectivity index (χ4n) is 6.35. The molecule has 0 radical (unpaired) electrons. The van der Waals surface area contributed by atoms with Crippen LogP contribution in [0.2, 0.25) is 0 Å². The summed E-state index contributed by atoms with van der Waals surface area (Å²) in [6.45, 7) is 10.2. The molecule has 3 aliphatic heterocycles. The van der Waals surface area contributed by atoms with Crippen molar-refractivity contribution in [3.63, 3.8) is 0 Å². The number of methoxy groups -OCH3 is 1. The zero-order valence-corrected chi connectivity index (χ0v) is 24.4. The number of piperidine rings is 1. The molecule has 3 fully saturated rings. The molecule has 40 heavy (non-hydrogen) atoms. The van der Waals surface area contributed by atoms with Crippen LogP contribution < -0.4 is 14.5 Å². The molecule has 1 atom stereocenters. The number of pyridine rings is 1. The largest absolute Gasteiger partial charge is 0.494 e. The van der Waals surface area contributed by atoms with Crippen LogP contribution in [0.4, 0.5) is 10.8 Å². The van der Waals surface area contributed by atoms with E-state index in [2.05, 4.69) is 43.2 Å². The average molecular weight is 567 g/mol. The van der Waals surface area contributed by atoms with Crippen LogP contribution in [0, 0.1) is 0 Å². The summed E-state index contributed by atoms with van der Waals surface area (Å²) in [4.78, 5) is 20.0. The minimum atomic E-state index is -0.140. The molecule has 0 aliphatic carbocycles. The van der Waals surface area contributed by atoms with Gasteiger partial charge < -0.3 is 29.3 Å². The van der Waals surface area contributed by atoms with E-state index in [0.717, 1.165) is 125 Å². The highest BCUT2D eigenvalue weighted by Gasteiger charge is 2.29. The highest BCUT2D eigenvalue weighted by molar-refractivity contribution is 7.13. The lowest BCUT2D eigenvalue weighted by Crippen LogP contribution is -2.39. The number of benzene rings is 1. The van der Waals surface area contributed by atoms with Gasteiger partial charge in [-0.2, -0.15) is 0 Å². The van der Waals surface area contributed by atoms with Gasteiger partial charge in [-0.15, -0.1) is 11.3 Å². The van der Waals surface area contributed by atoms with Gasteiger partial charge in [0.2, 0.25) is 0 Å². The minimum Gasteiger partial charge on any atom is -0.494 e. The third-order valence-electron chi connectivity index (χ3n) is 8.63. The molecule has 216 valence electrons. The molecular formula is C30H42N6O3S. The zero-order valence-electron chi connectivity index (χ0n) is 23.6. The summed E-state index contributed by atoms with van der Waals surface area (Å²) in [5.41, 5.74) is 3.31. The summed E-state index contributed by atoms with van der Waals surface area (Å²) < 4.78 is 11.4. The number of aromatic nitrogens is 2. The van der Waals surface area contributed by atoms with E-state index >= 15 is 0 Å². The number of aliphatic hydroxyl groups excluding tert-OH is 1. The van der Waals surface area contributed by atoms with Crippen molar-refractivity contribution in [1.29, 1.82) is 0 Å². The number of aliphatic hydroxyl groups is 1. The Morgan fingerprint density at radius 2 is 1.88 bits per heavy atom. The third kappa shape index (κ3) is 6.21. The summed E-state index contributed by atoms with van der Waals surface area (Å²) in [6, 6.07) is 8.56. The highest BCUT2D eigenvalue weighted by Crippen LogP contribution is 2.37. The smallest absolute Gasteiger partial charge is 0.185 e. The molecule has 3 saturated heterocycles. The van der Waals surface area contributed by atoms with Crippen molar-refractivity contribution >= 4 is 33.1 Å². The van der Waals surface area contributed by atoms with E-state index in [4.69, 9.17) is 19.4 Å². The van der Waals surface area contributed by atoms with Crippen LogP contribution in [0.25, 0.3) is 10.9 Å². The van der Waals surface area contributed by atoms with Gasteiger partial charge in [0.15, 0.2) is 5.13 Å². The zero-order chi connectivity index (χ0) is 27.3. The molecule has 3 aliphatic rings. The second kappa shape index (κ2) is 13.0. The minimum absolute atomic E-state index is 0.140. The number of ether oxygens (including phenoxy) is 2. The predicted molar refractivity (Wildman–Crippen MR) is 161 cm³/mol. The van der Waals surface area contributed by atoms with Crippen LogP contribution in [0.15, 0.2) is 35.8 Å². The van der Waals surface area contributed by atoms with Crippen LogP contribution in [-0.4, -0.2) is 110 Å². The van der Waals surface area contributed by atoms with Gasteiger partial charge in [0, 0.05) is 75.9 Å². The van der Waals surface area contributed by atoms with Gasteiger partial charge >= 0.3 is 0 Å². The number of likely N-dealkylation sites (tertiary alicyclic amines) is 1. The molecule has 0 spiro atoms. The van der Waals surface area contributed by atoms with Gasteiger partial charge in [0.25, 0.3) is 0 Å². The Hall–Kier alpha value is -2.50. The molecule has 2 aromatic heterocycles. The first kappa shape index (κ1) is 27.7. The van der Waals surface area contributed by atoms with Gasteiger partial charge in [-0.25, -0.2) is 4.98 Å². The lowest BCUT2D eigenvalue weighted by atomic mass is 10.0. The summed E-state index contributed by atoms with van der Waals surface area (Å²) in [5.74, 6) is 0.887. The molecule has 9 nitrogen and oxygen atoms in total. The van der Waals surface area contributed by atoms with E-state index in [1.165, 1.54) is 5.69 Å². The highest BCUT2D eigenvalue weighted by atomic mass is 32.1. The average Bonchev–Trinajstić information content (AvgIpc) is 3.37. The number of fused-ring (bicyclic) bond motifs is 1. The maximum Gasteiger partial charge on any atom is 0.185 e. The van der Waals surface area contributed by atoms with Gasteiger partial charge in [-0.1, -0.05) is 6.07 Å². The molecule has 0 bridgehead atoms. The maximum atomic E-state index is 9.99. The van der Waals surface area contributed by atoms with Crippen molar-refractivity contribution in [2.45, 2.75) is 37.8 Å². The first-order chi connectivity index (χ1) is 19.7. The molecule has 6 rings (SSSR count). The van der Waals surface area contributed by atoms with E-state index in [1.807, 2.05) is 12.3 Å². The number of hydrogen-bond acceptors (Lipinski definition) is 10. The third-order valence-corrected chi connectivity index (χ3v) is 9.55. The standard InChI is InChI=1S/C30H42N6O3S/c1-38-27-6-5-23-4-2-10-31-28(23)29(27)35-12-3-11-34(16-17-35)26(9-15-33-13-7-24(37)8-14-33)25-22-40-30(32-25)36-18-20-39-21-19-36/h2,4-6,10,22,24,26,37H,3,7-9,11-21H2,1H3. The SMILES string of the molecule is COc1ccc2cccnc2c1N1CCCN(C(CCN2CCC(O)CC2)c2csc(N3CCOCC3)n2)CC1. The van der Waals surface area contributed by atoms with Gasteiger partial charge in [0.1, 0.15) is 11.4 Å². The monoisotopic (exact) mass is 566 g/mol. The summed E-state index contributed by atoms with van der Waals surface area (Å²) in [7, 11) is 1.75. The Bertz CT molecular complexity index is 1240. The van der Waals surface area contributed by atoms with Gasteiger partial charge in [-0.3, -0.25) is 9.88 Å². The number of hydrogen-bond donors (Lipinski definition) is 1.